The molecule has 166 valence electrons. The molecule has 2 aromatic rings. The normalized spacial score (nSPS) is 20.6. The standard InChI is InChI=1S/C21H33N7O.ClH/c1-2-8-27-17-18(14-23-27)16-25-9-4-10-26(13-12-25)21(29)20-6-11-28(24-20)19-5-3-7-22-15-19;/h6,11,14,17,19,22H,2-5,7-10,12-13,15-16H2,1H3;1H. The molecule has 0 saturated carbocycles. The molecule has 0 aromatic carbocycles. The molecule has 9 heteroatoms. The molecule has 1 atom stereocenters. The van der Waals surface area contributed by atoms with Crippen molar-refractivity contribution in [3.63, 3.8) is 0 Å². The quantitative estimate of drug-likeness (QED) is 0.753. The topological polar surface area (TPSA) is 71.2 Å². The van der Waals surface area contributed by atoms with Crippen molar-refractivity contribution in [3.8, 4) is 0 Å². The minimum Gasteiger partial charge on any atom is -0.336 e. The number of aromatic nitrogens is 4. The molecule has 2 aromatic heterocycles. The number of amides is 1. The zero-order chi connectivity index (χ0) is 20.1. The fourth-order valence-corrected chi connectivity index (χ4v) is 4.31. The molecule has 4 rings (SSSR count). The number of nitrogens with zero attached hydrogens (tertiary/aromatic N) is 6. The highest BCUT2D eigenvalue weighted by Crippen LogP contribution is 2.17. The van der Waals surface area contributed by atoms with Crippen molar-refractivity contribution in [2.75, 3.05) is 39.3 Å². The Balaban J connectivity index is 0.00000256. The van der Waals surface area contributed by atoms with E-state index in [0.29, 0.717) is 11.7 Å². The first kappa shape index (κ1) is 22.8. The van der Waals surface area contributed by atoms with Crippen LogP contribution in [0.5, 0.6) is 0 Å². The van der Waals surface area contributed by atoms with Crippen molar-refractivity contribution in [1.29, 1.82) is 0 Å². The van der Waals surface area contributed by atoms with Gasteiger partial charge in [0, 0.05) is 63.8 Å². The Morgan fingerprint density at radius 2 is 2.13 bits per heavy atom. The van der Waals surface area contributed by atoms with Crippen LogP contribution in [0.15, 0.2) is 24.7 Å². The monoisotopic (exact) mass is 435 g/mol. The van der Waals surface area contributed by atoms with Gasteiger partial charge >= 0.3 is 0 Å². The molecular formula is C21H34ClN7O. The van der Waals surface area contributed by atoms with Gasteiger partial charge in [-0.25, -0.2) is 0 Å². The summed E-state index contributed by atoms with van der Waals surface area (Å²) in [5, 5.41) is 12.4. The van der Waals surface area contributed by atoms with Gasteiger partial charge in [-0.1, -0.05) is 6.92 Å². The van der Waals surface area contributed by atoms with Crippen molar-refractivity contribution < 1.29 is 4.79 Å². The van der Waals surface area contributed by atoms with E-state index in [1.54, 1.807) is 0 Å². The number of hydrogen-bond donors (Lipinski definition) is 1. The summed E-state index contributed by atoms with van der Waals surface area (Å²) < 4.78 is 3.98. The zero-order valence-corrected chi connectivity index (χ0v) is 18.7. The third-order valence-electron chi connectivity index (χ3n) is 5.89. The third kappa shape index (κ3) is 5.62. The molecule has 1 amide bonds. The van der Waals surface area contributed by atoms with Crippen molar-refractivity contribution in [1.82, 2.24) is 34.7 Å². The van der Waals surface area contributed by atoms with E-state index in [2.05, 4.69) is 33.5 Å². The molecule has 0 aliphatic carbocycles. The molecule has 0 bridgehead atoms. The molecule has 2 aliphatic heterocycles. The first-order chi connectivity index (χ1) is 14.2. The number of carbonyl (C=O) groups excluding carboxylic acids is 1. The van der Waals surface area contributed by atoms with E-state index in [-0.39, 0.29) is 18.3 Å². The molecule has 1 N–H and O–H groups in total. The number of aryl methyl sites for hydroxylation is 1. The maximum Gasteiger partial charge on any atom is 0.274 e. The number of nitrogens with one attached hydrogen (secondary N) is 1. The first-order valence-electron chi connectivity index (χ1n) is 11.0. The molecule has 1 unspecified atom stereocenters. The molecule has 2 fully saturated rings. The minimum absolute atomic E-state index is 0. The molecule has 2 saturated heterocycles. The Morgan fingerprint density at radius 3 is 2.93 bits per heavy atom. The van der Waals surface area contributed by atoms with Crippen LogP contribution < -0.4 is 5.32 Å². The fourth-order valence-electron chi connectivity index (χ4n) is 4.31. The number of piperidine rings is 1. The summed E-state index contributed by atoms with van der Waals surface area (Å²) in [6.45, 7) is 9.47. The van der Waals surface area contributed by atoms with Crippen LogP contribution in [0.3, 0.4) is 0 Å². The van der Waals surface area contributed by atoms with Crippen LogP contribution >= 0.6 is 12.4 Å². The lowest BCUT2D eigenvalue weighted by Crippen LogP contribution is -2.35. The molecule has 0 radical (unpaired) electrons. The number of halogens is 1. The van der Waals surface area contributed by atoms with Gasteiger partial charge in [-0.05, 0) is 38.3 Å². The molecule has 2 aliphatic rings. The second-order valence-electron chi connectivity index (χ2n) is 8.21. The lowest BCUT2D eigenvalue weighted by atomic mass is 10.1. The molecule has 4 heterocycles. The van der Waals surface area contributed by atoms with Gasteiger partial charge < -0.3 is 10.2 Å². The van der Waals surface area contributed by atoms with E-state index in [4.69, 9.17) is 0 Å². The lowest BCUT2D eigenvalue weighted by molar-refractivity contribution is 0.0753. The Kier molecular flexibility index (Phi) is 8.30. The van der Waals surface area contributed by atoms with Crippen LogP contribution in [0, 0.1) is 0 Å². The van der Waals surface area contributed by atoms with Crippen LogP contribution in [0.4, 0.5) is 0 Å². The number of carbonyl (C=O) groups is 1. The molecular weight excluding hydrogens is 402 g/mol. The second-order valence-corrected chi connectivity index (χ2v) is 8.21. The number of rotatable bonds is 6. The van der Waals surface area contributed by atoms with Crippen LogP contribution in [-0.4, -0.2) is 74.5 Å². The molecule has 30 heavy (non-hydrogen) atoms. The Bertz CT molecular complexity index is 799. The zero-order valence-electron chi connectivity index (χ0n) is 17.9. The van der Waals surface area contributed by atoms with Crippen molar-refractivity contribution in [2.24, 2.45) is 0 Å². The fraction of sp³-hybridized carbons (Fsp3) is 0.667. The van der Waals surface area contributed by atoms with Gasteiger partial charge in [0.15, 0.2) is 0 Å². The lowest BCUT2D eigenvalue weighted by Gasteiger charge is -2.23. The van der Waals surface area contributed by atoms with Crippen molar-refractivity contribution in [3.05, 3.63) is 35.9 Å². The average molecular weight is 436 g/mol. The SMILES string of the molecule is CCCn1cc(CN2CCCN(C(=O)c3ccn(C4CCCNC4)n3)CC2)cn1.Cl. The predicted octanol–water partition coefficient (Wildman–Crippen LogP) is 2.18. The average Bonchev–Trinajstić information content (AvgIpc) is 3.34. The summed E-state index contributed by atoms with van der Waals surface area (Å²) in [5.74, 6) is 0.0603. The maximum atomic E-state index is 13.0. The van der Waals surface area contributed by atoms with E-state index in [1.165, 1.54) is 5.56 Å². The summed E-state index contributed by atoms with van der Waals surface area (Å²) in [7, 11) is 0. The Morgan fingerprint density at radius 1 is 1.23 bits per heavy atom. The summed E-state index contributed by atoms with van der Waals surface area (Å²) in [6, 6.07) is 2.24. The van der Waals surface area contributed by atoms with Gasteiger partial charge in [-0.15, -0.1) is 12.4 Å². The largest absolute Gasteiger partial charge is 0.336 e. The third-order valence-corrected chi connectivity index (χ3v) is 5.89. The van der Waals surface area contributed by atoms with Gasteiger partial charge in [0.05, 0.1) is 12.2 Å². The van der Waals surface area contributed by atoms with Crippen LogP contribution in [0.1, 0.15) is 54.7 Å². The molecule has 0 spiro atoms. The van der Waals surface area contributed by atoms with Gasteiger partial charge in [0.1, 0.15) is 5.69 Å². The second kappa shape index (κ2) is 10.9. The molecule has 8 nitrogen and oxygen atoms in total. The Labute approximate surface area is 185 Å². The highest BCUT2D eigenvalue weighted by molar-refractivity contribution is 5.92. The van der Waals surface area contributed by atoms with E-state index < -0.39 is 0 Å². The van der Waals surface area contributed by atoms with E-state index in [9.17, 15) is 4.79 Å². The van der Waals surface area contributed by atoms with Crippen LogP contribution in [0.2, 0.25) is 0 Å². The van der Waals surface area contributed by atoms with E-state index in [0.717, 1.165) is 78.0 Å². The summed E-state index contributed by atoms with van der Waals surface area (Å²) in [5.41, 5.74) is 1.82. The van der Waals surface area contributed by atoms with Gasteiger partial charge in [0.2, 0.25) is 0 Å². The van der Waals surface area contributed by atoms with Gasteiger partial charge in [0.25, 0.3) is 5.91 Å². The maximum absolute atomic E-state index is 13.0. The van der Waals surface area contributed by atoms with Crippen molar-refractivity contribution >= 4 is 18.3 Å². The van der Waals surface area contributed by atoms with E-state index >= 15 is 0 Å². The number of hydrogen-bond acceptors (Lipinski definition) is 5. The summed E-state index contributed by atoms with van der Waals surface area (Å²) in [6.07, 6.45) is 10.4. The minimum atomic E-state index is 0. The highest BCUT2D eigenvalue weighted by atomic mass is 35.5. The Hall–Kier alpha value is -1.90. The highest BCUT2D eigenvalue weighted by Gasteiger charge is 2.23. The van der Waals surface area contributed by atoms with Crippen LogP contribution in [0.25, 0.3) is 0 Å². The first-order valence-corrected chi connectivity index (χ1v) is 11.0. The van der Waals surface area contributed by atoms with E-state index in [1.807, 2.05) is 32.7 Å². The van der Waals surface area contributed by atoms with Gasteiger partial charge in [-0.3, -0.25) is 19.1 Å². The van der Waals surface area contributed by atoms with Crippen LogP contribution in [-0.2, 0) is 13.1 Å². The smallest absolute Gasteiger partial charge is 0.274 e. The van der Waals surface area contributed by atoms with Crippen molar-refractivity contribution in [2.45, 2.75) is 51.7 Å². The summed E-state index contributed by atoms with van der Waals surface area (Å²) in [4.78, 5) is 17.4. The summed E-state index contributed by atoms with van der Waals surface area (Å²) >= 11 is 0. The predicted molar refractivity (Wildman–Crippen MR) is 119 cm³/mol. The van der Waals surface area contributed by atoms with Gasteiger partial charge in [-0.2, -0.15) is 10.2 Å².